The smallest absolute Gasteiger partial charge is 0.0784 e. The lowest BCUT2D eigenvalue weighted by Crippen LogP contribution is -3.00. The lowest BCUT2D eigenvalue weighted by molar-refractivity contribution is -0.914. The van der Waals surface area contributed by atoms with E-state index >= 15 is 0 Å². The summed E-state index contributed by atoms with van der Waals surface area (Å²) in [5.74, 6) is 1.06. The zero-order valence-electron chi connectivity index (χ0n) is 10.1. The van der Waals surface area contributed by atoms with E-state index in [1.54, 1.807) is 0 Å². The molecule has 0 aromatic rings. The second-order valence-corrected chi connectivity index (χ2v) is 5.44. The molecule has 3 heteroatoms. The average molecular weight is 296 g/mol. The second-order valence-electron chi connectivity index (χ2n) is 4.99. The van der Waals surface area contributed by atoms with Gasteiger partial charge in [0.1, 0.15) is 0 Å². The molecule has 92 valence electrons. The maximum Gasteiger partial charge on any atom is 0.0784 e. The molecule has 0 amide bonds. The summed E-state index contributed by atoms with van der Waals surface area (Å²) in [7, 11) is 2.44. The highest BCUT2D eigenvalue weighted by Gasteiger charge is 2.23. The summed E-state index contributed by atoms with van der Waals surface area (Å²) in [5, 5.41) is 0. The van der Waals surface area contributed by atoms with Crippen LogP contribution >= 0.6 is 12.6 Å². The Morgan fingerprint density at radius 1 is 0.933 bits per heavy atom. The van der Waals surface area contributed by atoms with E-state index in [0.29, 0.717) is 0 Å². The van der Waals surface area contributed by atoms with Crippen LogP contribution in [-0.2, 0) is 0 Å². The third-order valence-corrected chi connectivity index (χ3v) is 3.82. The maximum absolute atomic E-state index is 4.24. The van der Waals surface area contributed by atoms with Crippen molar-refractivity contribution >= 4 is 12.6 Å². The Kier molecular flexibility index (Phi) is 9.35. The summed E-state index contributed by atoms with van der Waals surface area (Å²) >= 11 is 4.24. The minimum Gasteiger partial charge on any atom is -1.00 e. The number of nitrogens with zero attached hydrogens (tertiary/aromatic N) is 1. The van der Waals surface area contributed by atoms with Gasteiger partial charge in [-0.2, -0.15) is 12.6 Å². The van der Waals surface area contributed by atoms with Crippen molar-refractivity contribution in [3.8, 4) is 0 Å². The summed E-state index contributed by atoms with van der Waals surface area (Å²) in [6, 6.07) is 0. The molecule has 1 aliphatic heterocycles. The molecule has 0 unspecified atom stereocenters. The molecule has 1 fully saturated rings. The number of piperidine rings is 1. The van der Waals surface area contributed by atoms with E-state index in [1.807, 2.05) is 0 Å². The highest BCUT2D eigenvalue weighted by atomic mass is 79.9. The summed E-state index contributed by atoms with van der Waals surface area (Å²) in [5.41, 5.74) is 0. The van der Waals surface area contributed by atoms with E-state index in [9.17, 15) is 0 Å². The average Bonchev–Trinajstić information content (AvgIpc) is 2.18. The molecular weight excluding hydrogens is 270 g/mol. The fourth-order valence-corrected chi connectivity index (χ4v) is 2.68. The van der Waals surface area contributed by atoms with Crippen LogP contribution in [0.15, 0.2) is 0 Å². The molecule has 0 bridgehead atoms. The van der Waals surface area contributed by atoms with Crippen molar-refractivity contribution < 1.29 is 21.5 Å². The van der Waals surface area contributed by atoms with Gasteiger partial charge < -0.3 is 21.5 Å². The molecule has 0 aliphatic carbocycles. The van der Waals surface area contributed by atoms with Crippen LogP contribution in [0.25, 0.3) is 0 Å². The maximum atomic E-state index is 4.24. The second kappa shape index (κ2) is 8.89. The molecule has 0 radical (unpaired) electrons. The monoisotopic (exact) mass is 295 g/mol. The topological polar surface area (TPSA) is 0 Å². The van der Waals surface area contributed by atoms with Gasteiger partial charge in [-0.1, -0.05) is 6.42 Å². The lowest BCUT2D eigenvalue weighted by Gasteiger charge is -2.37. The quantitative estimate of drug-likeness (QED) is 0.401. The molecule has 1 heterocycles. The van der Waals surface area contributed by atoms with E-state index in [-0.39, 0.29) is 17.0 Å². The molecule has 15 heavy (non-hydrogen) atoms. The van der Waals surface area contributed by atoms with Gasteiger partial charge in [-0.25, -0.2) is 0 Å². The van der Waals surface area contributed by atoms with Crippen LogP contribution in [0.5, 0.6) is 0 Å². The van der Waals surface area contributed by atoms with E-state index in [1.165, 1.54) is 69.1 Å². The predicted octanol–water partition coefficient (Wildman–Crippen LogP) is 0.111. The van der Waals surface area contributed by atoms with Gasteiger partial charge in [-0.3, -0.25) is 0 Å². The molecule has 0 N–H and O–H groups in total. The SMILES string of the molecule is C[N+]1(CCCCCCS)CCCCC1.[Br-]. The Labute approximate surface area is 111 Å². The van der Waals surface area contributed by atoms with E-state index in [0.717, 1.165) is 5.75 Å². The first-order valence-electron chi connectivity index (χ1n) is 6.21. The minimum atomic E-state index is 0. The third-order valence-electron chi connectivity index (χ3n) is 3.50. The summed E-state index contributed by atoms with van der Waals surface area (Å²) in [4.78, 5) is 0. The number of likely N-dealkylation sites (tertiary alicyclic amines) is 1. The van der Waals surface area contributed by atoms with Crippen LogP contribution in [-0.4, -0.2) is 36.9 Å². The largest absolute Gasteiger partial charge is 1.00 e. The van der Waals surface area contributed by atoms with E-state index in [2.05, 4.69) is 19.7 Å². The zero-order chi connectivity index (χ0) is 10.3. The summed E-state index contributed by atoms with van der Waals surface area (Å²) < 4.78 is 1.35. The lowest BCUT2D eigenvalue weighted by atomic mass is 10.1. The van der Waals surface area contributed by atoms with Crippen molar-refractivity contribution in [1.29, 1.82) is 0 Å². The van der Waals surface area contributed by atoms with Gasteiger partial charge in [0, 0.05) is 0 Å². The van der Waals surface area contributed by atoms with Crippen molar-refractivity contribution in [2.45, 2.75) is 44.9 Å². The van der Waals surface area contributed by atoms with Gasteiger partial charge in [0.15, 0.2) is 0 Å². The van der Waals surface area contributed by atoms with Crippen LogP contribution in [0.4, 0.5) is 0 Å². The van der Waals surface area contributed by atoms with Gasteiger partial charge in [-0.05, 0) is 44.3 Å². The molecule has 0 atom stereocenters. The number of halogens is 1. The van der Waals surface area contributed by atoms with Gasteiger partial charge in [0.05, 0.1) is 26.7 Å². The summed E-state index contributed by atoms with van der Waals surface area (Å²) in [6.07, 6.45) is 9.88. The molecule has 1 saturated heterocycles. The first kappa shape index (κ1) is 15.8. The zero-order valence-corrected chi connectivity index (χ0v) is 12.5. The van der Waals surface area contributed by atoms with Crippen LogP contribution in [0.3, 0.4) is 0 Å². The van der Waals surface area contributed by atoms with Crippen LogP contribution in [0, 0.1) is 0 Å². The molecular formula is C12H26BrNS. The standard InChI is InChI=1S/C12H25NS.BrH/c1-13(10-6-4-7-11-13)9-5-2-3-8-12-14;/h2-12H2,1H3;1H. The highest BCUT2D eigenvalue weighted by Crippen LogP contribution is 2.17. The fourth-order valence-electron chi connectivity index (χ4n) is 2.46. The van der Waals surface area contributed by atoms with Crippen LogP contribution < -0.4 is 17.0 Å². The normalized spacial score (nSPS) is 19.6. The van der Waals surface area contributed by atoms with Crippen molar-refractivity contribution in [2.75, 3.05) is 32.4 Å². The van der Waals surface area contributed by atoms with Crippen molar-refractivity contribution in [2.24, 2.45) is 0 Å². The van der Waals surface area contributed by atoms with Gasteiger partial charge in [0.25, 0.3) is 0 Å². The molecule has 1 aliphatic rings. The number of rotatable bonds is 6. The number of thiol groups is 1. The Morgan fingerprint density at radius 2 is 1.53 bits per heavy atom. The number of hydrogen-bond donors (Lipinski definition) is 1. The third kappa shape index (κ3) is 6.85. The predicted molar refractivity (Wildman–Crippen MR) is 67.0 cm³/mol. The summed E-state index contributed by atoms with van der Waals surface area (Å²) in [6.45, 7) is 4.26. The highest BCUT2D eigenvalue weighted by molar-refractivity contribution is 7.80. The van der Waals surface area contributed by atoms with Gasteiger partial charge in [0.2, 0.25) is 0 Å². The van der Waals surface area contributed by atoms with Gasteiger partial charge in [-0.15, -0.1) is 0 Å². The number of quaternary nitrogens is 1. The Balaban J connectivity index is 0.00000196. The Morgan fingerprint density at radius 3 is 2.13 bits per heavy atom. The molecule has 1 nitrogen and oxygen atoms in total. The first-order valence-corrected chi connectivity index (χ1v) is 6.84. The van der Waals surface area contributed by atoms with Gasteiger partial charge >= 0.3 is 0 Å². The molecule has 0 aromatic heterocycles. The molecule has 0 spiro atoms. The Bertz CT molecular complexity index is 147. The Hall–Kier alpha value is 0.790. The first-order chi connectivity index (χ1) is 6.77. The van der Waals surface area contributed by atoms with Crippen LogP contribution in [0.2, 0.25) is 0 Å². The van der Waals surface area contributed by atoms with Crippen molar-refractivity contribution in [3.05, 3.63) is 0 Å². The minimum absolute atomic E-state index is 0. The molecule has 0 saturated carbocycles. The van der Waals surface area contributed by atoms with E-state index in [4.69, 9.17) is 0 Å². The number of hydrogen-bond acceptors (Lipinski definition) is 1. The van der Waals surface area contributed by atoms with Crippen molar-refractivity contribution in [1.82, 2.24) is 0 Å². The number of unbranched alkanes of at least 4 members (excludes halogenated alkanes) is 3. The molecule has 0 aromatic carbocycles. The van der Waals surface area contributed by atoms with Crippen LogP contribution in [0.1, 0.15) is 44.9 Å². The molecule has 1 rings (SSSR count). The van der Waals surface area contributed by atoms with Crippen molar-refractivity contribution in [3.63, 3.8) is 0 Å². The fraction of sp³-hybridized carbons (Fsp3) is 1.00. The van der Waals surface area contributed by atoms with E-state index < -0.39 is 0 Å².